The highest BCUT2D eigenvalue weighted by atomic mass is 16.5. The monoisotopic (exact) mass is 349 g/mol. The summed E-state index contributed by atoms with van der Waals surface area (Å²) in [6.45, 7) is 8.17. The van der Waals surface area contributed by atoms with Crippen LogP contribution in [0.1, 0.15) is 34.7 Å². The molecule has 0 fully saturated rings. The number of aryl methyl sites for hydroxylation is 2. The van der Waals surface area contributed by atoms with Gasteiger partial charge in [0.05, 0.1) is 0 Å². The Bertz CT molecular complexity index is 1020. The molecule has 26 heavy (non-hydrogen) atoms. The molecule has 0 N–H and O–H groups in total. The highest BCUT2D eigenvalue weighted by Gasteiger charge is 2.23. The molecule has 2 heterocycles. The van der Waals surface area contributed by atoms with Crippen molar-refractivity contribution in [2.45, 2.75) is 40.3 Å². The molecule has 0 saturated heterocycles. The van der Waals surface area contributed by atoms with E-state index in [2.05, 4.69) is 35.2 Å². The van der Waals surface area contributed by atoms with Crippen molar-refractivity contribution >= 4 is 11.0 Å². The van der Waals surface area contributed by atoms with Gasteiger partial charge < -0.3 is 9.15 Å². The van der Waals surface area contributed by atoms with Crippen LogP contribution in [-0.4, -0.2) is 11.6 Å². The number of rotatable bonds is 3. The number of nitrogens with zero attached hydrogens (tertiary/aromatic N) is 1. The second kappa shape index (κ2) is 6.61. The second-order valence-electron chi connectivity index (χ2n) is 6.96. The molecule has 0 spiro atoms. The average Bonchev–Trinajstić information content (AvgIpc) is 2.64. The lowest BCUT2D eigenvalue weighted by molar-refractivity contribution is 0.0881. The number of ether oxygens (including phenoxy) is 1. The third-order valence-electron chi connectivity index (χ3n) is 5.22. The van der Waals surface area contributed by atoms with Crippen molar-refractivity contribution in [3.8, 4) is 5.75 Å². The van der Waals surface area contributed by atoms with Crippen molar-refractivity contribution < 1.29 is 9.15 Å². The summed E-state index contributed by atoms with van der Waals surface area (Å²) in [5.74, 6) is 0.855. The lowest BCUT2D eigenvalue weighted by Gasteiger charge is -2.30. The van der Waals surface area contributed by atoms with Crippen LogP contribution in [0, 0.1) is 13.8 Å². The van der Waals surface area contributed by atoms with Crippen LogP contribution in [0.25, 0.3) is 11.0 Å². The van der Waals surface area contributed by atoms with E-state index in [-0.39, 0.29) is 5.63 Å². The topological polar surface area (TPSA) is 42.7 Å². The molecule has 1 aromatic heterocycles. The van der Waals surface area contributed by atoms with Crippen molar-refractivity contribution in [2.24, 2.45) is 0 Å². The lowest BCUT2D eigenvalue weighted by atomic mass is 9.98. The highest BCUT2D eigenvalue weighted by molar-refractivity contribution is 5.87. The Hall–Kier alpha value is -2.59. The normalized spacial score (nSPS) is 14.3. The fourth-order valence-electron chi connectivity index (χ4n) is 3.84. The van der Waals surface area contributed by atoms with Crippen LogP contribution < -0.4 is 10.4 Å². The molecule has 0 aliphatic carbocycles. The van der Waals surface area contributed by atoms with Crippen molar-refractivity contribution in [1.82, 2.24) is 4.90 Å². The molecule has 0 atom stereocenters. The summed E-state index contributed by atoms with van der Waals surface area (Å²) in [5.41, 5.74) is 5.53. The minimum absolute atomic E-state index is 0.234. The molecule has 3 aromatic rings. The van der Waals surface area contributed by atoms with Gasteiger partial charge in [0.25, 0.3) is 0 Å². The van der Waals surface area contributed by atoms with Crippen LogP contribution in [-0.2, 0) is 19.5 Å². The minimum atomic E-state index is -0.234. The molecular weight excluding hydrogens is 326 g/mol. The Balaban J connectivity index is 1.75. The van der Waals surface area contributed by atoms with Gasteiger partial charge in [-0.25, -0.2) is 4.79 Å². The standard InChI is InChI=1S/C22H23NO3/c1-4-18-14(2)19-10-17-12-23(11-16-8-6-5-7-9-16)13-25-20(17)15(3)21(19)26-22(18)24/h5-10H,4,11-13H2,1-3H3. The Kier molecular flexibility index (Phi) is 4.29. The van der Waals surface area contributed by atoms with E-state index >= 15 is 0 Å². The Morgan fingerprint density at radius 1 is 1.12 bits per heavy atom. The van der Waals surface area contributed by atoms with Crippen LogP contribution in [0.2, 0.25) is 0 Å². The summed E-state index contributed by atoms with van der Waals surface area (Å²) in [5, 5.41) is 1.02. The minimum Gasteiger partial charge on any atom is -0.477 e. The first-order chi connectivity index (χ1) is 12.6. The fourth-order valence-corrected chi connectivity index (χ4v) is 3.84. The van der Waals surface area contributed by atoms with Gasteiger partial charge in [-0.2, -0.15) is 0 Å². The smallest absolute Gasteiger partial charge is 0.339 e. The van der Waals surface area contributed by atoms with Gasteiger partial charge in [0.1, 0.15) is 18.1 Å². The van der Waals surface area contributed by atoms with E-state index in [1.807, 2.05) is 26.8 Å². The van der Waals surface area contributed by atoms with Gasteiger partial charge in [-0.05, 0) is 37.5 Å². The number of hydrogen-bond donors (Lipinski definition) is 0. The molecule has 134 valence electrons. The van der Waals surface area contributed by atoms with Gasteiger partial charge >= 0.3 is 5.63 Å². The Morgan fingerprint density at radius 2 is 1.88 bits per heavy atom. The predicted molar refractivity (Wildman–Crippen MR) is 103 cm³/mol. The van der Waals surface area contributed by atoms with Gasteiger partial charge in [0.15, 0.2) is 0 Å². The van der Waals surface area contributed by atoms with Crippen molar-refractivity contribution in [1.29, 1.82) is 0 Å². The van der Waals surface area contributed by atoms with E-state index in [4.69, 9.17) is 9.15 Å². The highest BCUT2D eigenvalue weighted by Crippen LogP contribution is 2.36. The zero-order valence-corrected chi connectivity index (χ0v) is 15.5. The first-order valence-electron chi connectivity index (χ1n) is 9.06. The van der Waals surface area contributed by atoms with Crippen LogP contribution in [0.15, 0.2) is 45.6 Å². The maximum absolute atomic E-state index is 12.2. The lowest BCUT2D eigenvalue weighted by Crippen LogP contribution is -2.32. The third-order valence-corrected chi connectivity index (χ3v) is 5.22. The first kappa shape index (κ1) is 16.9. The maximum Gasteiger partial charge on any atom is 0.339 e. The number of benzene rings is 2. The van der Waals surface area contributed by atoms with Crippen LogP contribution >= 0.6 is 0 Å². The van der Waals surface area contributed by atoms with Crippen molar-refractivity contribution in [2.75, 3.05) is 6.73 Å². The van der Waals surface area contributed by atoms with E-state index in [1.165, 1.54) is 5.56 Å². The van der Waals surface area contributed by atoms with Crippen molar-refractivity contribution in [3.63, 3.8) is 0 Å². The summed E-state index contributed by atoms with van der Waals surface area (Å²) in [7, 11) is 0. The fraction of sp³-hybridized carbons (Fsp3) is 0.318. The SMILES string of the molecule is CCc1c(C)c2cc3c(c(C)c2oc1=O)OCN(Cc1ccccc1)C3. The average molecular weight is 349 g/mol. The van der Waals surface area contributed by atoms with Gasteiger partial charge in [-0.15, -0.1) is 0 Å². The van der Waals surface area contributed by atoms with E-state index in [0.717, 1.165) is 46.5 Å². The summed E-state index contributed by atoms with van der Waals surface area (Å²) < 4.78 is 11.7. The quantitative estimate of drug-likeness (QED) is 0.660. The van der Waals surface area contributed by atoms with Gasteiger partial charge in [-0.1, -0.05) is 37.3 Å². The van der Waals surface area contributed by atoms with E-state index in [0.29, 0.717) is 18.7 Å². The van der Waals surface area contributed by atoms with Crippen LogP contribution in [0.5, 0.6) is 5.75 Å². The summed E-state index contributed by atoms with van der Waals surface area (Å²) in [4.78, 5) is 14.5. The van der Waals surface area contributed by atoms with Crippen LogP contribution in [0.4, 0.5) is 0 Å². The summed E-state index contributed by atoms with van der Waals surface area (Å²) in [6.07, 6.45) is 0.677. The van der Waals surface area contributed by atoms with Gasteiger partial charge in [0, 0.05) is 35.2 Å². The molecule has 1 aliphatic rings. The molecular formula is C22H23NO3. The summed E-state index contributed by atoms with van der Waals surface area (Å²) >= 11 is 0. The molecule has 0 radical (unpaired) electrons. The van der Waals surface area contributed by atoms with Gasteiger partial charge in [-0.3, -0.25) is 4.90 Å². The molecule has 2 aromatic carbocycles. The maximum atomic E-state index is 12.2. The Labute approximate surface area is 153 Å². The van der Waals surface area contributed by atoms with E-state index in [9.17, 15) is 4.79 Å². The molecule has 4 nitrogen and oxygen atoms in total. The first-order valence-corrected chi connectivity index (χ1v) is 9.06. The van der Waals surface area contributed by atoms with E-state index in [1.54, 1.807) is 0 Å². The molecule has 0 saturated carbocycles. The second-order valence-corrected chi connectivity index (χ2v) is 6.96. The molecule has 4 heteroatoms. The predicted octanol–water partition coefficient (Wildman–Crippen LogP) is 4.32. The zero-order chi connectivity index (χ0) is 18.3. The van der Waals surface area contributed by atoms with Crippen LogP contribution in [0.3, 0.4) is 0 Å². The zero-order valence-electron chi connectivity index (χ0n) is 15.5. The molecule has 0 unspecified atom stereocenters. The molecule has 1 aliphatic heterocycles. The number of fused-ring (bicyclic) bond motifs is 2. The number of hydrogen-bond acceptors (Lipinski definition) is 4. The van der Waals surface area contributed by atoms with Gasteiger partial charge in [0.2, 0.25) is 0 Å². The van der Waals surface area contributed by atoms with E-state index < -0.39 is 0 Å². The molecule has 4 rings (SSSR count). The molecule has 0 bridgehead atoms. The summed E-state index contributed by atoms with van der Waals surface area (Å²) in [6, 6.07) is 12.5. The largest absolute Gasteiger partial charge is 0.477 e. The molecule has 0 amide bonds. The van der Waals surface area contributed by atoms with Crippen molar-refractivity contribution in [3.05, 3.63) is 74.6 Å². The third kappa shape index (κ3) is 2.80. The Morgan fingerprint density at radius 3 is 2.62 bits per heavy atom.